The maximum atomic E-state index is 12.1. The third-order valence-corrected chi connectivity index (χ3v) is 3.20. The molecule has 4 heteroatoms. The fourth-order valence-corrected chi connectivity index (χ4v) is 2.11. The molecule has 1 N–H and O–H groups in total. The summed E-state index contributed by atoms with van der Waals surface area (Å²) in [5, 5.41) is 3.53. The minimum absolute atomic E-state index is 0.139. The number of rotatable bonds is 4. The van der Waals surface area contributed by atoms with E-state index in [2.05, 4.69) is 5.32 Å². The molecule has 0 saturated carbocycles. The topological polar surface area (TPSA) is 38.3 Å². The SMILES string of the molecule is COCc1ccc(C(=O)Nc2ccc(Cl)cc2C)cc1. The van der Waals surface area contributed by atoms with Crippen molar-refractivity contribution in [3.05, 3.63) is 64.2 Å². The zero-order chi connectivity index (χ0) is 14.5. The van der Waals surface area contributed by atoms with Crippen LogP contribution in [0.25, 0.3) is 0 Å². The second-order valence-electron chi connectivity index (χ2n) is 4.54. The van der Waals surface area contributed by atoms with E-state index in [1.165, 1.54) is 0 Å². The van der Waals surface area contributed by atoms with E-state index in [1.807, 2.05) is 25.1 Å². The number of ether oxygens (including phenoxy) is 1. The Morgan fingerprint density at radius 1 is 1.20 bits per heavy atom. The summed E-state index contributed by atoms with van der Waals surface area (Å²) in [6, 6.07) is 12.7. The quantitative estimate of drug-likeness (QED) is 0.922. The predicted molar refractivity (Wildman–Crippen MR) is 81.3 cm³/mol. The number of halogens is 1. The Hall–Kier alpha value is -1.84. The van der Waals surface area contributed by atoms with Gasteiger partial charge in [-0.1, -0.05) is 23.7 Å². The smallest absolute Gasteiger partial charge is 0.255 e. The number of carbonyl (C=O) groups excluding carboxylic acids is 1. The maximum absolute atomic E-state index is 12.1. The number of benzene rings is 2. The third-order valence-electron chi connectivity index (χ3n) is 2.96. The molecule has 104 valence electrons. The van der Waals surface area contributed by atoms with Crippen LogP contribution in [0.15, 0.2) is 42.5 Å². The minimum atomic E-state index is -0.139. The lowest BCUT2D eigenvalue weighted by Crippen LogP contribution is -2.12. The van der Waals surface area contributed by atoms with Crippen LogP contribution in [-0.2, 0) is 11.3 Å². The molecule has 0 unspecified atom stereocenters. The highest BCUT2D eigenvalue weighted by Gasteiger charge is 2.08. The van der Waals surface area contributed by atoms with E-state index in [4.69, 9.17) is 16.3 Å². The van der Waals surface area contributed by atoms with Gasteiger partial charge >= 0.3 is 0 Å². The Labute approximate surface area is 123 Å². The number of nitrogens with one attached hydrogen (secondary N) is 1. The summed E-state index contributed by atoms with van der Waals surface area (Å²) >= 11 is 5.89. The first-order chi connectivity index (χ1) is 9.60. The number of methoxy groups -OCH3 is 1. The van der Waals surface area contributed by atoms with Gasteiger partial charge in [0.15, 0.2) is 0 Å². The normalized spacial score (nSPS) is 10.3. The molecule has 0 fully saturated rings. The van der Waals surface area contributed by atoms with Crippen LogP contribution in [0.5, 0.6) is 0 Å². The molecule has 0 aliphatic rings. The number of amides is 1. The molecule has 0 heterocycles. The number of hydrogen-bond donors (Lipinski definition) is 1. The van der Waals surface area contributed by atoms with Gasteiger partial charge in [-0.15, -0.1) is 0 Å². The number of hydrogen-bond acceptors (Lipinski definition) is 2. The number of aryl methyl sites for hydroxylation is 1. The number of anilines is 1. The first kappa shape index (κ1) is 14.6. The molecular weight excluding hydrogens is 274 g/mol. The standard InChI is InChI=1S/C16H16ClNO2/c1-11-9-14(17)7-8-15(11)18-16(19)13-5-3-12(4-6-13)10-20-2/h3-9H,10H2,1-2H3,(H,18,19). The van der Waals surface area contributed by atoms with Gasteiger partial charge in [-0.25, -0.2) is 0 Å². The average Bonchev–Trinajstić information content (AvgIpc) is 2.43. The zero-order valence-electron chi connectivity index (χ0n) is 11.4. The van der Waals surface area contributed by atoms with Crippen LogP contribution in [0.3, 0.4) is 0 Å². The Kier molecular flexibility index (Phi) is 4.77. The molecule has 0 atom stereocenters. The molecular formula is C16H16ClNO2. The molecule has 0 aliphatic heterocycles. The van der Waals surface area contributed by atoms with Gasteiger partial charge < -0.3 is 10.1 Å². The molecule has 20 heavy (non-hydrogen) atoms. The van der Waals surface area contributed by atoms with Crippen LogP contribution in [0.2, 0.25) is 5.02 Å². The van der Waals surface area contributed by atoms with Crippen molar-refractivity contribution in [2.24, 2.45) is 0 Å². The van der Waals surface area contributed by atoms with Crippen molar-refractivity contribution < 1.29 is 9.53 Å². The van der Waals surface area contributed by atoms with E-state index < -0.39 is 0 Å². The van der Waals surface area contributed by atoms with Gasteiger partial charge in [-0.05, 0) is 48.4 Å². The van der Waals surface area contributed by atoms with Crippen molar-refractivity contribution in [3.63, 3.8) is 0 Å². The van der Waals surface area contributed by atoms with E-state index in [0.29, 0.717) is 17.2 Å². The first-order valence-electron chi connectivity index (χ1n) is 6.25. The Bertz CT molecular complexity index is 608. The molecule has 0 spiro atoms. The van der Waals surface area contributed by atoms with Crippen molar-refractivity contribution in [1.29, 1.82) is 0 Å². The molecule has 2 aromatic rings. The summed E-state index contributed by atoms with van der Waals surface area (Å²) in [4.78, 5) is 12.1. The number of carbonyl (C=O) groups is 1. The lowest BCUT2D eigenvalue weighted by atomic mass is 10.1. The monoisotopic (exact) mass is 289 g/mol. The highest BCUT2D eigenvalue weighted by molar-refractivity contribution is 6.30. The summed E-state index contributed by atoms with van der Waals surface area (Å²) in [5.74, 6) is -0.139. The molecule has 0 radical (unpaired) electrons. The molecule has 0 bridgehead atoms. The summed E-state index contributed by atoms with van der Waals surface area (Å²) in [6.45, 7) is 2.45. The van der Waals surface area contributed by atoms with E-state index >= 15 is 0 Å². The van der Waals surface area contributed by atoms with Crippen molar-refractivity contribution in [1.82, 2.24) is 0 Å². The molecule has 0 saturated heterocycles. The first-order valence-corrected chi connectivity index (χ1v) is 6.63. The lowest BCUT2D eigenvalue weighted by molar-refractivity contribution is 0.102. The van der Waals surface area contributed by atoms with E-state index in [9.17, 15) is 4.79 Å². The van der Waals surface area contributed by atoms with Gasteiger partial charge in [0.05, 0.1) is 6.61 Å². The van der Waals surface area contributed by atoms with Gasteiger partial charge in [0.25, 0.3) is 5.91 Å². The van der Waals surface area contributed by atoms with Crippen LogP contribution in [-0.4, -0.2) is 13.0 Å². The summed E-state index contributed by atoms with van der Waals surface area (Å²) in [5.41, 5.74) is 3.34. The average molecular weight is 290 g/mol. The van der Waals surface area contributed by atoms with E-state index in [-0.39, 0.29) is 5.91 Å². The Morgan fingerprint density at radius 2 is 1.90 bits per heavy atom. The van der Waals surface area contributed by atoms with Gasteiger partial charge in [-0.3, -0.25) is 4.79 Å². The predicted octanol–water partition coefficient (Wildman–Crippen LogP) is 4.05. The van der Waals surface area contributed by atoms with Gasteiger partial charge in [-0.2, -0.15) is 0 Å². The Balaban J connectivity index is 2.11. The molecule has 3 nitrogen and oxygen atoms in total. The second kappa shape index (κ2) is 6.55. The van der Waals surface area contributed by atoms with Crippen molar-refractivity contribution in [2.45, 2.75) is 13.5 Å². The molecule has 0 aromatic heterocycles. The maximum Gasteiger partial charge on any atom is 0.255 e. The zero-order valence-corrected chi connectivity index (χ0v) is 12.2. The third kappa shape index (κ3) is 3.59. The van der Waals surface area contributed by atoms with Crippen molar-refractivity contribution in [3.8, 4) is 0 Å². The molecule has 0 aliphatic carbocycles. The summed E-state index contributed by atoms with van der Waals surface area (Å²) in [6.07, 6.45) is 0. The molecule has 2 rings (SSSR count). The van der Waals surface area contributed by atoms with Crippen molar-refractivity contribution >= 4 is 23.2 Å². The highest BCUT2D eigenvalue weighted by Crippen LogP contribution is 2.20. The highest BCUT2D eigenvalue weighted by atomic mass is 35.5. The van der Waals surface area contributed by atoms with Crippen LogP contribution < -0.4 is 5.32 Å². The van der Waals surface area contributed by atoms with E-state index in [0.717, 1.165) is 16.8 Å². The fraction of sp³-hybridized carbons (Fsp3) is 0.188. The van der Waals surface area contributed by atoms with Gasteiger partial charge in [0.2, 0.25) is 0 Å². The molecule has 2 aromatic carbocycles. The van der Waals surface area contributed by atoms with Crippen molar-refractivity contribution in [2.75, 3.05) is 12.4 Å². The van der Waals surface area contributed by atoms with Crippen LogP contribution >= 0.6 is 11.6 Å². The minimum Gasteiger partial charge on any atom is -0.380 e. The fourth-order valence-electron chi connectivity index (χ4n) is 1.88. The summed E-state index contributed by atoms with van der Waals surface area (Å²) in [7, 11) is 1.64. The van der Waals surface area contributed by atoms with Crippen LogP contribution in [0.1, 0.15) is 21.5 Å². The van der Waals surface area contributed by atoms with Crippen LogP contribution in [0, 0.1) is 6.92 Å². The lowest BCUT2D eigenvalue weighted by Gasteiger charge is -2.09. The van der Waals surface area contributed by atoms with Gasteiger partial charge in [0, 0.05) is 23.4 Å². The largest absolute Gasteiger partial charge is 0.380 e. The Morgan fingerprint density at radius 3 is 2.50 bits per heavy atom. The molecule has 1 amide bonds. The second-order valence-corrected chi connectivity index (χ2v) is 4.98. The van der Waals surface area contributed by atoms with E-state index in [1.54, 1.807) is 31.4 Å². The van der Waals surface area contributed by atoms with Crippen LogP contribution in [0.4, 0.5) is 5.69 Å². The van der Waals surface area contributed by atoms with Gasteiger partial charge in [0.1, 0.15) is 0 Å². The summed E-state index contributed by atoms with van der Waals surface area (Å²) < 4.78 is 5.04.